The van der Waals surface area contributed by atoms with Crippen LogP contribution < -0.4 is 0 Å². The van der Waals surface area contributed by atoms with E-state index in [-0.39, 0.29) is 0 Å². The lowest BCUT2D eigenvalue weighted by Crippen LogP contribution is -2.16. The first kappa shape index (κ1) is 14.9. The zero-order chi connectivity index (χ0) is 11.9. The SMILES string of the molecule is CCC(CC)CC(CC)COS(C)(=O)=O. The van der Waals surface area contributed by atoms with E-state index in [1.165, 1.54) is 0 Å². The molecular weight excluding hydrogens is 212 g/mol. The summed E-state index contributed by atoms with van der Waals surface area (Å²) in [5, 5.41) is 0. The van der Waals surface area contributed by atoms with E-state index in [1.54, 1.807) is 0 Å². The predicted octanol–water partition coefficient (Wildman–Crippen LogP) is 2.82. The largest absolute Gasteiger partial charge is 0.270 e. The van der Waals surface area contributed by atoms with Gasteiger partial charge in [0.05, 0.1) is 12.9 Å². The molecule has 0 N–H and O–H groups in total. The molecule has 1 atom stereocenters. The highest BCUT2D eigenvalue weighted by molar-refractivity contribution is 7.85. The van der Waals surface area contributed by atoms with Gasteiger partial charge in [-0.15, -0.1) is 0 Å². The van der Waals surface area contributed by atoms with Gasteiger partial charge in [-0.05, 0) is 18.3 Å². The van der Waals surface area contributed by atoms with Crippen molar-refractivity contribution in [2.75, 3.05) is 12.9 Å². The fourth-order valence-corrected chi connectivity index (χ4v) is 2.11. The number of hydrogen-bond donors (Lipinski definition) is 0. The summed E-state index contributed by atoms with van der Waals surface area (Å²) in [4.78, 5) is 0. The molecule has 0 amide bonds. The van der Waals surface area contributed by atoms with Gasteiger partial charge in [-0.1, -0.05) is 40.0 Å². The van der Waals surface area contributed by atoms with Crippen molar-refractivity contribution in [1.82, 2.24) is 0 Å². The van der Waals surface area contributed by atoms with Crippen LogP contribution in [0, 0.1) is 11.8 Å². The van der Waals surface area contributed by atoms with Crippen LogP contribution in [0.1, 0.15) is 46.5 Å². The van der Waals surface area contributed by atoms with Crippen LogP contribution >= 0.6 is 0 Å². The third-order valence-electron chi connectivity index (χ3n) is 2.92. The van der Waals surface area contributed by atoms with Gasteiger partial charge in [0, 0.05) is 0 Å². The molecule has 0 spiro atoms. The minimum atomic E-state index is -3.28. The second kappa shape index (κ2) is 7.23. The lowest BCUT2D eigenvalue weighted by Gasteiger charge is -2.19. The fraction of sp³-hybridized carbons (Fsp3) is 1.00. The van der Waals surface area contributed by atoms with Gasteiger partial charge >= 0.3 is 0 Å². The molecule has 0 heterocycles. The third-order valence-corrected chi connectivity index (χ3v) is 3.48. The van der Waals surface area contributed by atoms with Crippen LogP contribution in [-0.2, 0) is 14.3 Å². The van der Waals surface area contributed by atoms with E-state index in [4.69, 9.17) is 4.18 Å². The molecule has 0 fully saturated rings. The smallest absolute Gasteiger partial charge is 0.264 e. The fourth-order valence-electron chi connectivity index (χ4n) is 1.67. The maximum Gasteiger partial charge on any atom is 0.264 e. The van der Waals surface area contributed by atoms with Crippen molar-refractivity contribution in [1.29, 1.82) is 0 Å². The summed E-state index contributed by atoms with van der Waals surface area (Å²) < 4.78 is 26.6. The first-order valence-corrected chi connectivity index (χ1v) is 7.58. The molecule has 0 bridgehead atoms. The van der Waals surface area contributed by atoms with Gasteiger partial charge in [-0.25, -0.2) is 0 Å². The molecule has 0 aliphatic rings. The van der Waals surface area contributed by atoms with Crippen LogP contribution in [-0.4, -0.2) is 21.3 Å². The Kier molecular flexibility index (Phi) is 7.18. The summed E-state index contributed by atoms with van der Waals surface area (Å²) in [5.41, 5.74) is 0. The maximum absolute atomic E-state index is 10.9. The summed E-state index contributed by atoms with van der Waals surface area (Å²) >= 11 is 0. The molecule has 0 aliphatic heterocycles. The van der Waals surface area contributed by atoms with E-state index in [9.17, 15) is 8.42 Å². The second-order valence-corrected chi connectivity index (χ2v) is 5.83. The van der Waals surface area contributed by atoms with Crippen molar-refractivity contribution in [3.63, 3.8) is 0 Å². The molecule has 0 aliphatic carbocycles. The van der Waals surface area contributed by atoms with Crippen molar-refractivity contribution in [3.8, 4) is 0 Å². The van der Waals surface area contributed by atoms with E-state index >= 15 is 0 Å². The molecule has 3 nitrogen and oxygen atoms in total. The summed E-state index contributed by atoms with van der Waals surface area (Å²) in [5.74, 6) is 1.06. The molecule has 0 saturated carbocycles. The van der Waals surface area contributed by atoms with Crippen molar-refractivity contribution >= 4 is 10.1 Å². The Hall–Kier alpha value is -0.0900. The van der Waals surface area contributed by atoms with E-state index < -0.39 is 10.1 Å². The number of rotatable bonds is 8. The zero-order valence-electron chi connectivity index (χ0n) is 10.3. The van der Waals surface area contributed by atoms with Gasteiger partial charge in [0.25, 0.3) is 10.1 Å². The van der Waals surface area contributed by atoms with Crippen molar-refractivity contribution in [2.45, 2.75) is 46.5 Å². The molecular formula is C11H24O3S. The van der Waals surface area contributed by atoms with E-state index in [2.05, 4.69) is 20.8 Å². The Bertz CT molecular complexity index is 243. The Morgan fingerprint density at radius 2 is 1.47 bits per heavy atom. The van der Waals surface area contributed by atoms with Gasteiger partial charge in [0.2, 0.25) is 0 Å². The van der Waals surface area contributed by atoms with Gasteiger partial charge < -0.3 is 0 Å². The molecule has 4 heteroatoms. The predicted molar refractivity (Wildman–Crippen MR) is 63.3 cm³/mol. The van der Waals surface area contributed by atoms with Crippen LogP contribution in [0.4, 0.5) is 0 Å². The average Bonchev–Trinajstić information content (AvgIpc) is 2.17. The van der Waals surface area contributed by atoms with Crippen LogP contribution in [0.2, 0.25) is 0 Å². The Morgan fingerprint density at radius 1 is 1.00 bits per heavy atom. The first-order chi connectivity index (χ1) is 6.92. The molecule has 0 aromatic carbocycles. The second-order valence-electron chi connectivity index (χ2n) is 4.18. The quantitative estimate of drug-likeness (QED) is 0.609. The zero-order valence-corrected chi connectivity index (χ0v) is 11.1. The molecule has 0 aromatic rings. The highest BCUT2D eigenvalue weighted by Gasteiger charge is 2.15. The van der Waals surface area contributed by atoms with E-state index in [1.807, 2.05) is 0 Å². The van der Waals surface area contributed by atoms with Crippen molar-refractivity contribution in [3.05, 3.63) is 0 Å². The molecule has 0 aromatic heterocycles. The van der Waals surface area contributed by atoms with E-state index in [0.717, 1.165) is 31.9 Å². The molecule has 15 heavy (non-hydrogen) atoms. The lowest BCUT2D eigenvalue weighted by molar-refractivity contribution is 0.218. The monoisotopic (exact) mass is 236 g/mol. The average molecular weight is 236 g/mol. The van der Waals surface area contributed by atoms with Crippen LogP contribution in [0.3, 0.4) is 0 Å². The Labute approximate surface area is 94.3 Å². The Morgan fingerprint density at radius 3 is 1.80 bits per heavy atom. The van der Waals surface area contributed by atoms with Crippen molar-refractivity contribution < 1.29 is 12.6 Å². The number of hydrogen-bond acceptors (Lipinski definition) is 3. The van der Waals surface area contributed by atoms with Crippen molar-refractivity contribution in [2.24, 2.45) is 11.8 Å². The Balaban J connectivity index is 4.02. The topological polar surface area (TPSA) is 43.4 Å². The molecule has 0 saturated heterocycles. The van der Waals surface area contributed by atoms with Gasteiger partial charge in [0.1, 0.15) is 0 Å². The van der Waals surface area contributed by atoms with Crippen LogP contribution in [0.5, 0.6) is 0 Å². The molecule has 0 radical (unpaired) electrons. The van der Waals surface area contributed by atoms with Crippen LogP contribution in [0.25, 0.3) is 0 Å². The minimum absolute atomic E-state index is 0.339. The summed E-state index contributed by atoms with van der Waals surface area (Å²) in [6, 6.07) is 0. The van der Waals surface area contributed by atoms with E-state index in [0.29, 0.717) is 18.4 Å². The molecule has 0 rings (SSSR count). The maximum atomic E-state index is 10.9. The highest BCUT2D eigenvalue weighted by Crippen LogP contribution is 2.21. The third kappa shape index (κ3) is 7.79. The minimum Gasteiger partial charge on any atom is -0.270 e. The van der Waals surface area contributed by atoms with Gasteiger partial charge in [-0.3, -0.25) is 4.18 Å². The summed E-state index contributed by atoms with van der Waals surface area (Å²) in [6.07, 6.45) is 5.47. The molecule has 92 valence electrons. The lowest BCUT2D eigenvalue weighted by atomic mass is 9.90. The standard InChI is InChI=1S/C11H24O3S/c1-5-10(6-2)8-11(7-3)9-14-15(4,12)13/h10-11H,5-9H2,1-4H3. The first-order valence-electron chi connectivity index (χ1n) is 5.77. The highest BCUT2D eigenvalue weighted by atomic mass is 32.2. The normalized spacial score (nSPS) is 14.5. The van der Waals surface area contributed by atoms with Crippen LogP contribution in [0.15, 0.2) is 0 Å². The summed E-state index contributed by atoms with van der Waals surface area (Å²) in [6.45, 7) is 6.78. The summed E-state index contributed by atoms with van der Waals surface area (Å²) in [7, 11) is -3.28. The molecule has 1 unspecified atom stereocenters. The van der Waals surface area contributed by atoms with Gasteiger partial charge in [0.15, 0.2) is 0 Å². The van der Waals surface area contributed by atoms with Gasteiger partial charge in [-0.2, -0.15) is 8.42 Å².